The van der Waals surface area contributed by atoms with E-state index in [0.29, 0.717) is 22.9 Å². The van der Waals surface area contributed by atoms with Crippen LogP contribution in [-0.2, 0) is 25.7 Å². The summed E-state index contributed by atoms with van der Waals surface area (Å²) in [5, 5.41) is 7.69. The average Bonchev–Trinajstić information content (AvgIpc) is 3.52. The molecule has 0 unspecified atom stereocenters. The number of alkyl halides is 3. The molecule has 0 aliphatic carbocycles. The Kier molecular flexibility index (Phi) is 7.31. The van der Waals surface area contributed by atoms with E-state index in [0.717, 1.165) is 43.8 Å². The van der Waals surface area contributed by atoms with Gasteiger partial charge in [-0.25, -0.2) is 15.0 Å². The Hall–Kier alpha value is -4.02. The van der Waals surface area contributed by atoms with Crippen LogP contribution in [0.15, 0.2) is 59.7 Å². The molecule has 0 fully saturated rings. The number of aryl methyl sites for hydroxylation is 2. The van der Waals surface area contributed by atoms with Gasteiger partial charge in [-0.05, 0) is 36.6 Å². The van der Waals surface area contributed by atoms with Gasteiger partial charge >= 0.3 is 6.18 Å². The summed E-state index contributed by atoms with van der Waals surface area (Å²) in [5.41, 5.74) is 0.462. The molecule has 0 saturated carbocycles. The van der Waals surface area contributed by atoms with E-state index in [1.165, 1.54) is 18.4 Å². The molecule has 0 N–H and O–H groups in total. The molecular weight excluding hydrogens is 449 g/mol. The summed E-state index contributed by atoms with van der Waals surface area (Å²) in [6.07, 6.45) is 9.65. The molecule has 0 aliphatic rings. The number of benzene rings is 1. The fraction of sp³-hybridized carbons (Fsp3) is 0.261. The topological polar surface area (TPSA) is 91.8 Å². The lowest BCUT2D eigenvalue weighted by Gasteiger charge is -2.05. The van der Waals surface area contributed by atoms with E-state index < -0.39 is 11.7 Å². The van der Waals surface area contributed by atoms with Crippen molar-refractivity contribution in [3.8, 4) is 5.75 Å². The first-order chi connectivity index (χ1) is 16.5. The molecule has 4 rings (SSSR count). The third-order valence-corrected chi connectivity index (χ3v) is 4.80. The second-order valence-electron chi connectivity index (χ2n) is 7.38. The zero-order valence-corrected chi connectivity index (χ0v) is 18.0. The van der Waals surface area contributed by atoms with Crippen LogP contribution in [0.2, 0.25) is 0 Å². The lowest BCUT2D eigenvalue weighted by molar-refractivity contribution is -0.137. The minimum Gasteiger partial charge on any atom is -0.484 e. The highest BCUT2D eigenvalue weighted by atomic mass is 19.4. The van der Waals surface area contributed by atoms with Crippen LogP contribution in [0.5, 0.6) is 5.75 Å². The lowest BCUT2D eigenvalue weighted by atomic mass is 10.1. The standard InChI is InChI=1S/C23H21F3N6O2/c24-23(25,26)18-7-4-17(5-8-18)6-9-22-30-19(16-34-22)15-33-20-13-27-21(28-14-20)3-1-2-11-32-12-10-29-31-32/h4-10,12-14,16H,1-3,11,15H2/b9-6+. The Labute approximate surface area is 193 Å². The Morgan fingerprint density at radius 1 is 1.03 bits per heavy atom. The van der Waals surface area contributed by atoms with Crippen LogP contribution in [0.3, 0.4) is 0 Å². The van der Waals surface area contributed by atoms with E-state index in [4.69, 9.17) is 9.15 Å². The Balaban J connectivity index is 1.21. The summed E-state index contributed by atoms with van der Waals surface area (Å²) in [5.74, 6) is 1.57. The van der Waals surface area contributed by atoms with Gasteiger partial charge in [0.15, 0.2) is 5.75 Å². The molecule has 8 nitrogen and oxygen atoms in total. The van der Waals surface area contributed by atoms with Crippen LogP contribution >= 0.6 is 0 Å². The molecule has 34 heavy (non-hydrogen) atoms. The number of aromatic nitrogens is 6. The summed E-state index contributed by atoms with van der Waals surface area (Å²) < 4.78 is 50.7. The van der Waals surface area contributed by atoms with E-state index in [1.54, 1.807) is 35.4 Å². The van der Waals surface area contributed by atoms with Gasteiger partial charge in [-0.1, -0.05) is 17.3 Å². The first-order valence-electron chi connectivity index (χ1n) is 10.5. The first kappa shape index (κ1) is 23.1. The van der Waals surface area contributed by atoms with Gasteiger partial charge in [0.2, 0.25) is 5.89 Å². The Bertz CT molecular complexity index is 1190. The summed E-state index contributed by atoms with van der Waals surface area (Å²) in [4.78, 5) is 12.9. The Morgan fingerprint density at radius 3 is 2.53 bits per heavy atom. The van der Waals surface area contributed by atoms with Crippen LogP contribution in [0.4, 0.5) is 13.2 Å². The molecule has 0 bridgehead atoms. The van der Waals surface area contributed by atoms with Crippen molar-refractivity contribution in [1.29, 1.82) is 0 Å². The van der Waals surface area contributed by atoms with Crippen molar-refractivity contribution in [3.05, 3.63) is 83.9 Å². The molecule has 0 spiro atoms. The van der Waals surface area contributed by atoms with Crippen LogP contribution in [0, 0.1) is 0 Å². The van der Waals surface area contributed by atoms with Crippen molar-refractivity contribution in [2.24, 2.45) is 0 Å². The highest BCUT2D eigenvalue weighted by Crippen LogP contribution is 2.29. The number of hydrogen-bond donors (Lipinski definition) is 0. The fourth-order valence-electron chi connectivity index (χ4n) is 3.03. The number of ether oxygens (including phenoxy) is 1. The van der Waals surface area contributed by atoms with Crippen LogP contribution in [-0.4, -0.2) is 29.9 Å². The predicted molar refractivity (Wildman–Crippen MR) is 116 cm³/mol. The number of hydrogen-bond acceptors (Lipinski definition) is 7. The normalized spacial score (nSPS) is 11.9. The highest BCUT2D eigenvalue weighted by Gasteiger charge is 2.29. The smallest absolute Gasteiger partial charge is 0.416 e. The van der Waals surface area contributed by atoms with Crippen molar-refractivity contribution in [2.75, 3.05) is 0 Å². The molecular formula is C23H21F3N6O2. The maximum absolute atomic E-state index is 12.6. The molecule has 0 amide bonds. The van der Waals surface area contributed by atoms with E-state index in [2.05, 4.69) is 25.3 Å². The monoisotopic (exact) mass is 470 g/mol. The van der Waals surface area contributed by atoms with Crippen LogP contribution in [0.25, 0.3) is 12.2 Å². The van der Waals surface area contributed by atoms with Gasteiger partial charge < -0.3 is 9.15 Å². The maximum Gasteiger partial charge on any atom is 0.416 e. The van der Waals surface area contributed by atoms with Crippen molar-refractivity contribution in [1.82, 2.24) is 29.9 Å². The molecule has 11 heteroatoms. The van der Waals surface area contributed by atoms with Crippen molar-refractivity contribution >= 4 is 12.2 Å². The number of unbranched alkanes of at least 4 members (excludes halogenated alkanes) is 1. The quantitative estimate of drug-likeness (QED) is 0.306. The highest BCUT2D eigenvalue weighted by molar-refractivity contribution is 5.66. The van der Waals surface area contributed by atoms with Gasteiger partial charge in [0.1, 0.15) is 24.4 Å². The number of oxazole rings is 1. The predicted octanol–water partition coefficient (Wildman–Crippen LogP) is 4.85. The minimum atomic E-state index is -4.36. The number of halogens is 3. The molecule has 0 aliphatic heterocycles. The number of rotatable bonds is 10. The second-order valence-corrected chi connectivity index (χ2v) is 7.38. The zero-order valence-electron chi connectivity index (χ0n) is 18.0. The first-order valence-corrected chi connectivity index (χ1v) is 10.5. The van der Waals surface area contributed by atoms with Gasteiger partial charge in [0.05, 0.1) is 24.2 Å². The third kappa shape index (κ3) is 6.74. The van der Waals surface area contributed by atoms with Gasteiger partial charge in [0, 0.05) is 25.2 Å². The summed E-state index contributed by atoms with van der Waals surface area (Å²) in [6.45, 7) is 0.971. The molecule has 4 aromatic rings. The van der Waals surface area contributed by atoms with Crippen molar-refractivity contribution < 1.29 is 22.3 Å². The van der Waals surface area contributed by atoms with Gasteiger partial charge in [-0.3, -0.25) is 4.68 Å². The minimum absolute atomic E-state index is 0.165. The van der Waals surface area contributed by atoms with E-state index in [1.807, 2.05) is 6.20 Å². The van der Waals surface area contributed by atoms with E-state index in [-0.39, 0.29) is 6.61 Å². The average molecular weight is 470 g/mol. The molecule has 176 valence electrons. The van der Waals surface area contributed by atoms with E-state index in [9.17, 15) is 13.2 Å². The summed E-state index contributed by atoms with van der Waals surface area (Å²) in [6, 6.07) is 4.82. The van der Waals surface area contributed by atoms with Crippen molar-refractivity contribution in [3.63, 3.8) is 0 Å². The zero-order chi connectivity index (χ0) is 23.8. The molecule has 3 aromatic heterocycles. The molecule has 0 saturated heterocycles. The fourth-order valence-corrected chi connectivity index (χ4v) is 3.03. The molecule has 3 heterocycles. The van der Waals surface area contributed by atoms with Gasteiger partial charge in [-0.2, -0.15) is 13.2 Å². The number of nitrogens with zero attached hydrogens (tertiary/aromatic N) is 6. The summed E-state index contributed by atoms with van der Waals surface area (Å²) >= 11 is 0. The molecule has 0 atom stereocenters. The molecule has 0 radical (unpaired) electrons. The van der Waals surface area contributed by atoms with Crippen LogP contribution in [0.1, 0.15) is 41.4 Å². The van der Waals surface area contributed by atoms with Crippen molar-refractivity contribution in [2.45, 2.75) is 38.6 Å². The third-order valence-electron chi connectivity index (χ3n) is 4.80. The maximum atomic E-state index is 12.6. The lowest BCUT2D eigenvalue weighted by Crippen LogP contribution is -2.03. The van der Waals surface area contributed by atoms with Gasteiger partial charge in [-0.15, -0.1) is 5.10 Å². The second kappa shape index (κ2) is 10.7. The van der Waals surface area contributed by atoms with E-state index >= 15 is 0 Å². The summed E-state index contributed by atoms with van der Waals surface area (Å²) in [7, 11) is 0. The van der Waals surface area contributed by atoms with Gasteiger partial charge in [0.25, 0.3) is 0 Å². The SMILES string of the molecule is FC(F)(F)c1ccc(/C=C/c2nc(COc3cnc(CCCCn4ccnn4)nc3)co2)cc1. The molecule has 1 aromatic carbocycles. The largest absolute Gasteiger partial charge is 0.484 e. The van der Waals surface area contributed by atoms with Crippen LogP contribution < -0.4 is 4.74 Å². The Morgan fingerprint density at radius 2 is 1.82 bits per heavy atom.